The van der Waals surface area contributed by atoms with Gasteiger partial charge in [0.2, 0.25) is 5.91 Å². The van der Waals surface area contributed by atoms with Gasteiger partial charge in [0, 0.05) is 18.5 Å². The lowest BCUT2D eigenvalue weighted by molar-refractivity contribution is -0.137. The lowest BCUT2D eigenvalue weighted by atomic mass is 10.2. The van der Waals surface area contributed by atoms with Crippen LogP contribution in [-0.4, -0.2) is 17.0 Å². The van der Waals surface area contributed by atoms with Crippen LogP contribution < -0.4 is 5.32 Å². The molecule has 1 rings (SSSR count). The van der Waals surface area contributed by atoms with E-state index in [1.807, 2.05) is 6.07 Å². The van der Waals surface area contributed by atoms with Crippen LogP contribution in [0.4, 0.5) is 5.69 Å². The molecule has 0 heterocycles. The Morgan fingerprint density at radius 3 is 2.67 bits per heavy atom. The highest BCUT2D eigenvalue weighted by Crippen LogP contribution is 2.20. The fourth-order valence-corrected chi connectivity index (χ4v) is 1.53. The molecule has 2 N–H and O–H groups in total. The van der Waals surface area contributed by atoms with E-state index in [0.717, 1.165) is 0 Å². The van der Waals surface area contributed by atoms with E-state index in [4.69, 9.17) is 22.0 Å². The van der Waals surface area contributed by atoms with Crippen molar-refractivity contribution < 1.29 is 14.7 Å². The van der Waals surface area contributed by atoms with Gasteiger partial charge in [0.05, 0.1) is 10.6 Å². The minimum Gasteiger partial charge on any atom is -0.481 e. The molecule has 18 heavy (non-hydrogen) atoms. The second kappa shape index (κ2) is 6.62. The van der Waals surface area contributed by atoms with Gasteiger partial charge >= 0.3 is 5.97 Å². The number of aliphatic carboxylic acids is 1. The summed E-state index contributed by atoms with van der Waals surface area (Å²) in [6.45, 7) is 0. The molecule has 0 spiro atoms. The first-order chi connectivity index (χ1) is 8.52. The molecule has 0 fully saturated rings. The third-order valence-electron chi connectivity index (χ3n) is 2.17. The summed E-state index contributed by atoms with van der Waals surface area (Å²) in [5.41, 5.74) is 0.819. The Hall–Kier alpha value is -2.06. The fourth-order valence-electron chi connectivity index (χ4n) is 1.31. The molecule has 1 amide bonds. The Labute approximate surface area is 109 Å². The summed E-state index contributed by atoms with van der Waals surface area (Å²) >= 11 is 5.81. The SMILES string of the molecule is N#Cc1ccc(NC(=O)CCCC(=O)O)cc1Cl. The van der Waals surface area contributed by atoms with Crippen LogP contribution in [-0.2, 0) is 9.59 Å². The zero-order valence-electron chi connectivity index (χ0n) is 9.44. The molecular formula is C12H11ClN2O3. The highest BCUT2D eigenvalue weighted by Gasteiger charge is 2.06. The van der Waals surface area contributed by atoms with Gasteiger partial charge in [0.1, 0.15) is 6.07 Å². The molecular weight excluding hydrogens is 256 g/mol. The molecule has 0 saturated carbocycles. The van der Waals surface area contributed by atoms with E-state index in [2.05, 4.69) is 5.32 Å². The summed E-state index contributed by atoms with van der Waals surface area (Å²) in [6.07, 6.45) is 0.372. The smallest absolute Gasteiger partial charge is 0.303 e. The zero-order chi connectivity index (χ0) is 13.5. The number of nitrogens with zero attached hydrogens (tertiary/aromatic N) is 1. The first-order valence-electron chi connectivity index (χ1n) is 5.24. The number of rotatable bonds is 5. The molecule has 0 unspecified atom stereocenters. The number of benzene rings is 1. The number of amides is 1. The third kappa shape index (κ3) is 4.44. The summed E-state index contributed by atoms with van der Waals surface area (Å²) in [5.74, 6) is -1.21. The Kier molecular flexibility index (Phi) is 5.15. The van der Waals surface area contributed by atoms with E-state index >= 15 is 0 Å². The van der Waals surface area contributed by atoms with E-state index in [-0.39, 0.29) is 30.2 Å². The Morgan fingerprint density at radius 1 is 1.39 bits per heavy atom. The minimum absolute atomic E-state index is 0.0401. The number of nitriles is 1. The lowest BCUT2D eigenvalue weighted by Crippen LogP contribution is -2.11. The quantitative estimate of drug-likeness (QED) is 0.856. The molecule has 1 aromatic rings. The van der Waals surface area contributed by atoms with Crippen LogP contribution in [0.2, 0.25) is 5.02 Å². The first kappa shape index (κ1) is 14.0. The zero-order valence-corrected chi connectivity index (χ0v) is 10.2. The summed E-state index contributed by atoms with van der Waals surface area (Å²) in [5, 5.41) is 20.0. The van der Waals surface area contributed by atoms with E-state index in [1.165, 1.54) is 12.1 Å². The number of carbonyl (C=O) groups is 2. The number of carboxylic acids is 1. The van der Waals surface area contributed by atoms with Crippen LogP contribution in [0.15, 0.2) is 18.2 Å². The highest BCUT2D eigenvalue weighted by molar-refractivity contribution is 6.32. The van der Waals surface area contributed by atoms with E-state index < -0.39 is 5.97 Å². The van der Waals surface area contributed by atoms with Gasteiger partial charge in [-0.05, 0) is 24.6 Å². The van der Waals surface area contributed by atoms with Crippen molar-refractivity contribution in [3.05, 3.63) is 28.8 Å². The van der Waals surface area contributed by atoms with Crippen LogP contribution in [0, 0.1) is 11.3 Å². The third-order valence-corrected chi connectivity index (χ3v) is 2.48. The van der Waals surface area contributed by atoms with Gasteiger partial charge in [-0.25, -0.2) is 0 Å². The number of carboxylic acid groups (broad SMARTS) is 1. The fraction of sp³-hybridized carbons (Fsp3) is 0.250. The molecule has 94 valence electrons. The lowest BCUT2D eigenvalue weighted by Gasteiger charge is -2.05. The topological polar surface area (TPSA) is 90.2 Å². The Balaban J connectivity index is 2.52. The molecule has 0 aliphatic rings. The van der Waals surface area contributed by atoms with Crippen molar-refractivity contribution in [2.24, 2.45) is 0 Å². The second-order valence-electron chi connectivity index (χ2n) is 3.60. The Bertz CT molecular complexity index is 509. The monoisotopic (exact) mass is 266 g/mol. The van der Waals surface area contributed by atoms with Crippen molar-refractivity contribution in [1.29, 1.82) is 5.26 Å². The van der Waals surface area contributed by atoms with Crippen LogP contribution >= 0.6 is 11.6 Å². The number of hydrogen-bond donors (Lipinski definition) is 2. The molecule has 0 aliphatic heterocycles. The summed E-state index contributed by atoms with van der Waals surface area (Å²) in [7, 11) is 0. The summed E-state index contributed by atoms with van der Waals surface area (Å²) < 4.78 is 0. The molecule has 5 nitrogen and oxygen atoms in total. The molecule has 0 aromatic heterocycles. The first-order valence-corrected chi connectivity index (χ1v) is 5.62. The van der Waals surface area contributed by atoms with Gasteiger partial charge in [-0.2, -0.15) is 5.26 Å². The van der Waals surface area contributed by atoms with Gasteiger partial charge in [0.25, 0.3) is 0 Å². The highest BCUT2D eigenvalue weighted by atomic mass is 35.5. The molecule has 0 aliphatic carbocycles. The molecule has 6 heteroatoms. The van der Waals surface area contributed by atoms with Crippen molar-refractivity contribution in [2.75, 3.05) is 5.32 Å². The van der Waals surface area contributed by atoms with Gasteiger partial charge < -0.3 is 10.4 Å². The maximum Gasteiger partial charge on any atom is 0.303 e. The van der Waals surface area contributed by atoms with Crippen LogP contribution in [0.25, 0.3) is 0 Å². The number of halogens is 1. The molecule has 0 atom stereocenters. The van der Waals surface area contributed by atoms with Gasteiger partial charge in [-0.3, -0.25) is 9.59 Å². The van der Waals surface area contributed by atoms with Crippen LogP contribution in [0.3, 0.4) is 0 Å². The van der Waals surface area contributed by atoms with Crippen molar-refractivity contribution in [1.82, 2.24) is 0 Å². The average molecular weight is 267 g/mol. The van der Waals surface area contributed by atoms with Gasteiger partial charge in [0.15, 0.2) is 0 Å². The molecule has 1 aromatic carbocycles. The number of carbonyl (C=O) groups excluding carboxylic acids is 1. The summed E-state index contributed by atoms with van der Waals surface area (Å²) in [4.78, 5) is 21.7. The maximum absolute atomic E-state index is 11.4. The van der Waals surface area contributed by atoms with E-state index in [1.54, 1.807) is 6.07 Å². The minimum atomic E-state index is -0.927. The number of hydrogen-bond acceptors (Lipinski definition) is 3. The number of anilines is 1. The average Bonchev–Trinajstić information content (AvgIpc) is 2.28. The molecule has 0 bridgehead atoms. The van der Waals surface area contributed by atoms with E-state index in [9.17, 15) is 9.59 Å². The maximum atomic E-state index is 11.4. The normalized spacial score (nSPS) is 9.56. The predicted octanol–water partition coefficient (Wildman–Crippen LogP) is 2.41. The molecule has 0 radical (unpaired) electrons. The van der Waals surface area contributed by atoms with Crippen molar-refractivity contribution in [2.45, 2.75) is 19.3 Å². The van der Waals surface area contributed by atoms with Gasteiger partial charge in [-0.15, -0.1) is 0 Å². The Morgan fingerprint density at radius 2 is 2.11 bits per heavy atom. The number of nitrogens with one attached hydrogen (secondary N) is 1. The van der Waals surface area contributed by atoms with Crippen LogP contribution in [0.5, 0.6) is 0 Å². The van der Waals surface area contributed by atoms with E-state index in [0.29, 0.717) is 11.3 Å². The van der Waals surface area contributed by atoms with Crippen molar-refractivity contribution in [3.63, 3.8) is 0 Å². The van der Waals surface area contributed by atoms with Crippen molar-refractivity contribution >= 4 is 29.2 Å². The standard InChI is InChI=1S/C12H11ClN2O3/c13-10-6-9(5-4-8(10)7-14)15-11(16)2-1-3-12(17)18/h4-6H,1-3H2,(H,15,16)(H,17,18). The van der Waals surface area contributed by atoms with Gasteiger partial charge in [-0.1, -0.05) is 11.6 Å². The molecule has 0 saturated heterocycles. The summed E-state index contributed by atoms with van der Waals surface area (Å²) in [6, 6.07) is 6.47. The largest absolute Gasteiger partial charge is 0.481 e. The van der Waals surface area contributed by atoms with Crippen molar-refractivity contribution in [3.8, 4) is 6.07 Å². The van der Waals surface area contributed by atoms with Crippen LogP contribution in [0.1, 0.15) is 24.8 Å². The second-order valence-corrected chi connectivity index (χ2v) is 4.01. The predicted molar refractivity (Wildman–Crippen MR) is 66.3 cm³/mol.